The number of fused-ring (bicyclic) bond motifs is 3. The zero-order valence-electron chi connectivity index (χ0n) is 25.8. The maximum Gasteiger partial charge on any atom is 0.179 e. The first-order valence-electron chi connectivity index (χ1n) is 15.9. The van der Waals surface area contributed by atoms with E-state index in [9.17, 15) is 0 Å². The Labute approximate surface area is 277 Å². The Hall–Kier alpha value is -6.59. The van der Waals surface area contributed by atoms with Gasteiger partial charge in [0.25, 0.3) is 0 Å². The minimum Gasteiger partial charge on any atom is -0.252 e. The lowest BCUT2D eigenvalue weighted by atomic mass is 10.00. The van der Waals surface area contributed by atoms with Gasteiger partial charge in [-0.2, -0.15) is 0 Å². The summed E-state index contributed by atoms with van der Waals surface area (Å²) < 4.78 is 0. The van der Waals surface area contributed by atoms with Crippen LogP contribution in [-0.4, -0.2) is 24.9 Å². The van der Waals surface area contributed by atoms with Crippen LogP contribution in [-0.2, 0) is 0 Å². The van der Waals surface area contributed by atoms with Gasteiger partial charge in [0.15, 0.2) is 11.6 Å². The third-order valence-corrected chi connectivity index (χ3v) is 8.74. The highest BCUT2D eigenvalue weighted by Crippen LogP contribution is 2.36. The largest absolute Gasteiger partial charge is 0.252 e. The Balaban J connectivity index is 1.25. The van der Waals surface area contributed by atoms with Gasteiger partial charge in [0.05, 0.1) is 22.6 Å². The molecule has 0 atom stereocenters. The van der Waals surface area contributed by atoms with Gasteiger partial charge < -0.3 is 0 Å². The molecule has 0 aliphatic rings. The molecule has 0 amide bonds. The van der Waals surface area contributed by atoms with Crippen molar-refractivity contribution in [3.05, 3.63) is 164 Å². The summed E-state index contributed by atoms with van der Waals surface area (Å²) in [6, 6.07) is 53.7. The molecule has 3 aromatic heterocycles. The van der Waals surface area contributed by atoms with Crippen LogP contribution in [0.25, 0.3) is 89.1 Å². The second kappa shape index (κ2) is 11.6. The van der Waals surface area contributed by atoms with Crippen molar-refractivity contribution in [2.24, 2.45) is 0 Å². The topological polar surface area (TPSA) is 64.5 Å². The lowest BCUT2D eigenvalue weighted by Crippen LogP contribution is -2.00. The van der Waals surface area contributed by atoms with E-state index in [1.807, 2.05) is 66.9 Å². The molecule has 5 nitrogen and oxygen atoms in total. The number of nitrogens with zero attached hydrogens (tertiary/aromatic N) is 5. The number of rotatable bonds is 5. The summed E-state index contributed by atoms with van der Waals surface area (Å²) in [5.74, 6) is 1.25. The minimum absolute atomic E-state index is 0.583. The predicted molar refractivity (Wildman–Crippen MR) is 195 cm³/mol. The summed E-state index contributed by atoms with van der Waals surface area (Å²) in [6.07, 6.45) is 1.90. The highest BCUT2D eigenvalue weighted by Gasteiger charge is 2.18. The summed E-state index contributed by atoms with van der Waals surface area (Å²) in [5, 5.41) is 5.30. The van der Waals surface area contributed by atoms with Gasteiger partial charge in [0, 0.05) is 39.2 Å². The molecule has 0 aliphatic heterocycles. The number of pyridine rings is 1. The average molecular weight is 614 g/mol. The fourth-order valence-electron chi connectivity index (χ4n) is 6.37. The summed E-state index contributed by atoms with van der Waals surface area (Å²) in [7, 11) is 0. The molecule has 0 fully saturated rings. The molecule has 5 heteroatoms. The molecule has 9 rings (SSSR count). The molecule has 0 spiro atoms. The lowest BCUT2D eigenvalue weighted by molar-refractivity contribution is 1.17. The van der Waals surface area contributed by atoms with Gasteiger partial charge in [-0.1, -0.05) is 140 Å². The number of aromatic nitrogens is 5. The van der Waals surface area contributed by atoms with Gasteiger partial charge >= 0.3 is 0 Å². The van der Waals surface area contributed by atoms with Crippen LogP contribution in [0.2, 0.25) is 0 Å². The van der Waals surface area contributed by atoms with E-state index >= 15 is 0 Å². The fraction of sp³-hybridized carbons (Fsp3) is 0. The highest BCUT2D eigenvalue weighted by atomic mass is 14.9. The SMILES string of the molecule is c1ccc(-c2cc(-c3cnc(-c4nc(-c5ccccc5)c5ccccc5n4)c4ccccc34)nc(-c3ccc4ccccc4c3)n2)cc1. The molecule has 224 valence electrons. The molecule has 9 aromatic rings. The van der Waals surface area contributed by atoms with E-state index < -0.39 is 0 Å². The van der Waals surface area contributed by atoms with Crippen LogP contribution in [0.15, 0.2) is 164 Å². The molecular weight excluding hydrogens is 587 g/mol. The van der Waals surface area contributed by atoms with E-state index in [-0.39, 0.29) is 0 Å². The van der Waals surface area contributed by atoms with Gasteiger partial charge in [-0.3, -0.25) is 4.98 Å². The van der Waals surface area contributed by atoms with Crippen molar-refractivity contribution in [2.45, 2.75) is 0 Å². The maximum absolute atomic E-state index is 5.17. The smallest absolute Gasteiger partial charge is 0.179 e. The second-order valence-corrected chi connectivity index (χ2v) is 11.7. The molecule has 0 N–H and O–H groups in total. The molecule has 48 heavy (non-hydrogen) atoms. The van der Waals surface area contributed by atoms with Crippen LogP contribution in [0.3, 0.4) is 0 Å². The Kier molecular flexibility index (Phi) is 6.72. The minimum atomic E-state index is 0.583. The second-order valence-electron chi connectivity index (χ2n) is 11.7. The first kappa shape index (κ1) is 27.7. The third kappa shape index (κ3) is 4.95. The maximum atomic E-state index is 5.17. The van der Waals surface area contributed by atoms with Crippen LogP contribution in [0, 0.1) is 0 Å². The van der Waals surface area contributed by atoms with E-state index in [1.54, 1.807) is 0 Å². The summed E-state index contributed by atoms with van der Waals surface area (Å²) in [4.78, 5) is 25.4. The molecular formula is C43H27N5. The molecule has 0 saturated heterocycles. The Bertz CT molecular complexity index is 2620. The Morgan fingerprint density at radius 1 is 0.354 bits per heavy atom. The van der Waals surface area contributed by atoms with Crippen molar-refractivity contribution in [3.63, 3.8) is 0 Å². The molecule has 0 aliphatic carbocycles. The van der Waals surface area contributed by atoms with E-state index in [0.29, 0.717) is 11.6 Å². The highest BCUT2D eigenvalue weighted by molar-refractivity contribution is 6.03. The van der Waals surface area contributed by atoms with Crippen molar-refractivity contribution in [2.75, 3.05) is 0 Å². The fourth-order valence-corrected chi connectivity index (χ4v) is 6.37. The van der Waals surface area contributed by atoms with Gasteiger partial charge in [0.2, 0.25) is 0 Å². The molecule has 6 aromatic carbocycles. The van der Waals surface area contributed by atoms with Crippen molar-refractivity contribution in [1.29, 1.82) is 0 Å². The third-order valence-electron chi connectivity index (χ3n) is 8.74. The van der Waals surface area contributed by atoms with Crippen molar-refractivity contribution in [1.82, 2.24) is 24.9 Å². The normalized spacial score (nSPS) is 11.3. The van der Waals surface area contributed by atoms with Crippen LogP contribution < -0.4 is 0 Å². The van der Waals surface area contributed by atoms with Crippen molar-refractivity contribution >= 4 is 32.4 Å². The lowest BCUT2D eigenvalue weighted by Gasteiger charge is -2.14. The first-order valence-corrected chi connectivity index (χ1v) is 15.9. The number of hydrogen-bond acceptors (Lipinski definition) is 5. The summed E-state index contributed by atoms with van der Waals surface area (Å²) in [5.41, 5.74) is 8.07. The number of hydrogen-bond donors (Lipinski definition) is 0. The average Bonchev–Trinajstić information content (AvgIpc) is 3.17. The zero-order valence-corrected chi connectivity index (χ0v) is 25.8. The van der Waals surface area contributed by atoms with E-state index in [1.165, 1.54) is 5.39 Å². The predicted octanol–water partition coefficient (Wildman–Crippen LogP) is 10.5. The van der Waals surface area contributed by atoms with E-state index in [0.717, 1.165) is 72.1 Å². The molecule has 0 saturated carbocycles. The number of para-hydroxylation sites is 1. The van der Waals surface area contributed by atoms with E-state index in [2.05, 4.69) is 97.1 Å². The van der Waals surface area contributed by atoms with Crippen molar-refractivity contribution in [3.8, 4) is 56.7 Å². The molecule has 3 heterocycles. The number of benzene rings is 6. The van der Waals surface area contributed by atoms with Crippen molar-refractivity contribution < 1.29 is 0 Å². The van der Waals surface area contributed by atoms with Gasteiger partial charge in [-0.05, 0) is 34.4 Å². The first-order chi connectivity index (χ1) is 23.8. The van der Waals surface area contributed by atoms with Crippen LogP contribution in [0.4, 0.5) is 0 Å². The summed E-state index contributed by atoms with van der Waals surface area (Å²) >= 11 is 0. The van der Waals surface area contributed by atoms with Crippen LogP contribution >= 0.6 is 0 Å². The Morgan fingerprint density at radius 3 is 1.81 bits per heavy atom. The van der Waals surface area contributed by atoms with E-state index in [4.69, 9.17) is 24.9 Å². The van der Waals surface area contributed by atoms with Gasteiger partial charge in [-0.25, -0.2) is 19.9 Å². The van der Waals surface area contributed by atoms with Crippen LogP contribution in [0.1, 0.15) is 0 Å². The quantitative estimate of drug-likeness (QED) is 0.193. The standard InChI is InChI=1S/C43H27N5/c1-3-14-29(15-4-1)38-26-39(47-42(46-38)32-24-23-28-13-7-8-18-31(28)25-32)36-27-44-41(34-20-10-9-19-33(34)36)43-45-37-22-12-11-21-35(37)40(48-43)30-16-5-2-6-17-30/h1-27H. The zero-order chi connectivity index (χ0) is 31.9. The molecule has 0 radical (unpaired) electrons. The van der Waals surface area contributed by atoms with Gasteiger partial charge in [0.1, 0.15) is 5.69 Å². The Morgan fingerprint density at radius 2 is 1.00 bits per heavy atom. The van der Waals surface area contributed by atoms with Crippen LogP contribution in [0.5, 0.6) is 0 Å². The molecule has 0 unspecified atom stereocenters. The molecule has 0 bridgehead atoms. The summed E-state index contributed by atoms with van der Waals surface area (Å²) in [6.45, 7) is 0. The van der Waals surface area contributed by atoms with Gasteiger partial charge in [-0.15, -0.1) is 0 Å². The monoisotopic (exact) mass is 613 g/mol.